The molecular weight excluding hydrogens is 371 g/mol. The van der Waals surface area contributed by atoms with Crippen LogP contribution in [0.2, 0.25) is 0 Å². The lowest BCUT2D eigenvalue weighted by molar-refractivity contribution is -0.148. The number of alkyl halides is 3. The molecule has 1 fully saturated rings. The van der Waals surface area contributed by atoms with E-state index in [1.54, 1.807) is 0 Å². The van der Waals surface area contributed by atoms with E-state index < -0.39 is 51.4 Å². The molecule has 1 aromatic rings. The maximum absolute atomic E-state index is 12.3. The lowest BCUT2D eigenvalue weighted by atomic mass is 9.97. The van der Waals surface area contributed by atoms with Crippen LogP contribution in [0.15, 0.2) is 12.3 Å². The van der Waals surface area contributed by atoms with Gasteiger partial charge in [0.05, 0.1) is 36.9 Å². The minimum absolute atomic E-state index is 0.00718. The van der Waals surface area contributed by atoms with Gasteiger partial charge >= 0.3 is 21.6 Å². The topological polar surface area (TPSA) is 112 Å². The zero-order chi connectivity index (χ0) is 18.6. The monoisotopic (exact) mass is 383 g/mol. The predicted octanol–water partition coefficient (Wildman–Crippen LogP) is 0.708. The summed E-state index contributed by atoms with van der Waals surface area (Å²) < 4.78 is 73.1. The van der Waals surface area contributed by atoms with Gasteiger partial charge < -0.3 is 18.8 Å². The molecule has 8 nitrogen and oxygen atoms in total. The summed E-state index contributed by atoms with van der Waals surface area (Å²) in [6, 6.07) is 0.948. The molecule has 3 rings (SSSR count). The number of fused-ring (bicyclic) bond motifs is 3. The van der Waals surface area contributed by atoms with Crippen LogP contribution in [0.5, 0.6) is 11.5 Å². The van der Waals surface area contributed by atoms with Gasteiger partial charge in [-0.3, -0.25) is 9.78 Å². The van der Waals surface area contributed by atoms with Crippen molar-refractivity contribution in [3.8, 4) is 11.5 Å². The average molecular weight is 383 g/mol. The summed E-state index contributed by atoms with van der Waals surface area (Å²) in [6.45, 7) is 0. The summed E-state index contributed by atoms with van der Waals surface area (Å²) >= 11 is 0. The van der Waals surface area contributed by atoms with Crippen molar-refractivity contribution in [2.24, 2.45) is 5.92 Å². The van der Waals surface area contributed by atoms with Gasteiger partial charge in [-0.25, -0.2) is 0 Å². The Morgan fingerprint density at radius 2 is 2.12 bits per heavy atom. The summed E-state index contributed by atoms with van der Waals surface area (Å²) in [7, 11) is -4.65. The third-order valence-corrected chi connectivity index (χ3v) is 5.09. The molecule has 2 heterocycles. The first-order valence-electron chi connectivity index (χ1n) is 6.98. The quantitative estimate of drug-likeness (QED) is 0.461. The Balaban J connectivity index is 1.84. The highest BCUT2D eigenvalue weighted by atomic mass is 32.2. The summed E-state index contributed by atoms with van der Waals surface area (Å²) in [6.07, 6.45) is -0.856. The molecule has 0 radical (unpaired) electrons. The lowest BCUT2D eigenvalue weighted by Crippen LogP contribution is -2.28. The molecule has 1 aliphatic heterocycles. The third-order valence-electron chi connectivity index (χ3n) is 4.11. The van der Waals surface area contributed by atoms with E-state index in [-0.39, 0.29) is 17.9 Å². The number of methoxy groups -OCH3 is 1. The number of aliphatic hydroxyl groups excluding tert-OH is 1. The van der Waals surface area contributed by atoms with Crippen LogP contribution in [-0.4, -0.2) is 49.3 Å². The van der Waals surface area contributed by atoms with Crippen molar-refractivity contribution in [1.82, 2.24) is 4.98 Å². The number of hydrogen-bond acceptors (Lipinski definition) is 8. The molecule has 0 bridgehead atoms. The minimum Gasteiger partial charge on any atom is -0.488 e. The number of aromatic nitrogens is 1. The molecule has 4 atom stereocenters. The van der Waals surface area contributed by atoms with E-state index in [4.69, 9.17) is 4.74 Å². The van der Waals surface area contributed by atoms with Crippen molar-refractivity contribution >= 4 is 16.1 Å². The Kier molecular flexibility index (Phi) is 4.06. The Morgan fingerprint density at radius 3 is 2.72 bits per heavy atom. The number of nitrogens with zero attached hydrogens (tertiary/aromatic N) is 1. The molecule has 0 spiro atoms. The molecule has 138 valence electrons. The molecule has 1 aromatic heterocycles. The summed E-state index contributed by atoms with van der Waals surface area (Å²) in [4.78, 5) is 15.5. The van der Waals surface area contributed by atoms with E-state index in [9.17, 15) is 31.5 Å². The normalized spacial score (nSPS) is 28.0. The van der Waals surface area contributed by atoms with E-state index >= 15 is 0 Å². The molecule has 1 aliphatic carbocycles. The number of esters is 1. The van der Waals surface area contributed by atoms with Crippen LogP contribution in [0.3, 0.4) is 0 Å². The molecule has 12 heteroatoms. The van der Waals surface area contributed by atoms with Gasteiger partial charge in [0.1, 0.15) is 11.9 Å². The summed E-state index contributed by atoms with van der Waals surface area (Å²) in [5.74, 6) is -2.77. The smallest absolute Gasteiger partial charge is 0.488 e. The van der Waals surface area contributed by atoms with Gasteiger partial charge in [-0.2, -0.15) is 21.6 Å². The Morgan fingerprint density at radius 1 is 1.44 bits per heavy atom. The van der Waals surface area contributed by atoms with Crippen molar-refractivity contribution in [2.45, 2.75) is 30.1 Å². The Hall–Kier alpha value is -2.08. The maximum atomic E-state index is 12.3. The number of carbonyl (C=O) groups excluding carboxylic acids is 1. The van der Waals surface area contributed by atoms with Crippen molar-refractivity contribution < 1.29 is 45.1 Å². The van der Waals surface area contributed by atoms with Crippen molar-refractivity contribution in [1.29, 1.82) is 0 Å². The number of rotatable bonds is 3. The molecule has 2 aliphatic rings. The van der Waals surface area contributed by atoms with Crippen LogP contribution in [0.4, 0.5) is 13.2 Å². The molecule has 1 saturated carbocycles. The van der Waals surface area contributed by atoms with Crippen molar-refractivity contribution in [3.63, 3.8) is 0 Å². The zero-order valence-electron chi connectivity index (χ0n) is 12.6. The molecule has 0 saturated heterocycles. The highest BCUT2D eigenvalue weighted by Crippen LogP contribution is 2.49. The highest BCUT2D eigenvalue weighted by Gasteiger charge is 2.53. The molecular formula is C13H12F3NO7S. The summed E-state index contributed by atoms with van der Waals surface area (Å²) in [5.41, 5.74) is -5.37. The summed E-state index contributed by atoms with van der Waals surface area (Å²) in [5, 5.41) is 10.3. The number of carbonyl (C=O) groups is 1. The van der Waals surface area contributed by atoms with E-state index in [0.717, 1.165) is 12.3 Å². The predicted molar refractivity (Wildman–Crippen MR) is 73.1 cm³/mol. The second-order valence-corrected chi connectivity index (χ2v) is 7.11. The van der Waals surface area contributed by atoms with Crippen LogP contribution < -0.4 is 8.92 Å². The third kappa shape index (κ3) is 2.88. The van der Waals surface area contributed by atoms with Gasteiger partial charge in [0.15, 0.2) is 5.75 Å². The SMILES string of the molecule is COC(=O)C1CC2Oc3cc(OS(=O)(=O)C(F)(F)F)cnc3C2C1O. The fraction of sp³-hybridized carbons (Fsp3) is 0.538. The fourth-order valence-corrected chi connectivity index (χ4v) is 3.46. The number of aliphatic hydroxyl groups is 1. The first kappa shape index (κ1) is 17.7. The molecule has 25 heavy (non-hydrogen) atoms. The maximum Gasteiger partial charge on any atom is 0.534 e. The average Bonchev–Trinajstić information content (AvgIpc) is 3.01. The first-order chi connectivity index (χ1) is 11.5. The van der Waals surface area contributed by atoms with Crippen molar-refractivity contribution in [2.75, 3.05) is 7.11 Å². The van der Waals surface area contributed by atoms with E-state index in [2.05, 4.69) is 13.9 Å². The molecule has 0 aromatic carbocycles. The van der Waals surface area contributed by atoms with Crippen molar-refractivity contribution in [3.05, 3.63) is 18.0 Å². The second-order valence-electron chi connectivity index (χ2n) is 5.58. The van der Waals surface area contributed by atoms with Gasteiger partial charge in [0.25, 0.3) is 0 Å². The number of ether oxygens (including phenoxy) is 2. The number of hydrogen-bond donors (Lipinski definition) is 1. The van der Waals surface area contributed by atoms with Gasteiger partial charge in [-0.05, 0) is 0 Å². The second kappa shape index (κ2) is 5.73. The molecule has 4 unspecified atom stereocenters. The molecule has 1 N–H and O–H groups in total. The zero-order valence-corrected chi connectivity index (χ0v) is 13.4. The number of pyridine rings is 1. The minimum atomic E-state index is -5.83. The Labute approximate surface area is 139 Å². The van der Waals surface area contributed by atoms with E-state index in [1.807, 2.05) is 0 Å². The van der Waals surface area contributed by atoms with Crippen LogP contribution in [0.25, 0.3) is 0 Å². The van der Waals surface area contributed by atoms with Gasteiger partial charge in [-0.1, -0.05) is 0 Å². The van der Waals surface area contributed by atoms with E-state index in [1.165, 1.54) is 7.11 Å². The Bertz CT molecular complexity index is 810. The van der Waals surface area contributed by atoms with E-state index in [0.29, 0.717) is 0 Å². The van der Waals surface area contributed by atoms with Gasteiger partial charge in [-0.15, -0.1) is 0 Å². The molecule has 0 amide bonds. The van der Waals surface area contributed by atoms with Gasteiger partial charge in [0, 0.05) is 12.5 Å². The first-order valence-corrected chi connectivity index (χ1v) is 8.39. The van der Waals surface area contributed by atoms with Gasteiger partial charge in [0.2, 0.25) is 0 Å². The number of halogens is 3. The van der Waals surface area contributed by atoms with Crippen LogP contribution in [0, 0.1) is 5.92 Å². The highest BCUT2D eigenvalue weighted by molar-refractivity contribution is 7.88. The lowest BCUT2D eigenvalue weighted by Gasteiger charge is -2.16. The van der Waals surface area contributed by atoms with Crippen LogP contribution >= 0.6 is 0 Å². The largest absolute Gasteiger partial charge is 0.534 e. The standard InChI is InChI=1S/C13H12F3NO7S/c1-22-12(19)6-3-7-9(11(6)18)10-8(23-7)2-5(4-17-10)24-25(20,21)13(14,15)16/h2,4,6-7,9,11,18H,3H2,1H3. The van der Waals surface area contributed by atoms with Crippen LogP contribution in [-0.2, 0) is 19.6 Å². The van der Waals surface area contributed by atoms with Crippen LogP contribution in [0.1, 0.15) is 18.0 Å². The fourth-order valence-electron chi connectivity index (χ4n) is 3.02.